The third-order valence-corrected chi connectivity index (χ3v) is 11.8. The molecule has 0 aliphatic heterocycles. The van der Waals surface area contributed by atoms with Crippen molar-refractivity contribution in [3.63, 3.8) is 0 Å². The van der Waals surface area contributed by atoms with Crippen molar-refractivity contribution in [2.75, 3.05) is 0 Å². The molecule has 1 aliphatic rings. The monoisotopic (exact) mass is 679 g/mol. The fourth-order valence-electron chi connectivity index (χ4n) is 8.11. The Kier molecular flexibility index (Phi) is 6.48. The van der Waals surface area contributed by atoms with Crippen molar-refractivity contribution in [3.05, 3.63) is 175 Å². The van der Waals surface area contributed by atoms with Crippen molar-refractivity contribution in [2.45, 2.75) is 6.42 Å². The summed E-state index contributed by atoms with van der Waals surface area (Å²) < 4.78 is 2.58. The summed E-state index contributed by atoms with van der Waals surface area (Å²) in [5, 5.41) is 7.21. The van der Waals surface area contributed by atoms with Gasteiger partial charge in [0.1, 0.15) is 0 Å². The van der Waals surface area contributed by atoms with E-state index in [0.717, 1.165) is 33.9 Å². The molecular formula is C48H29N3S. The maximum atomic E-state index is 5.31. The fraction of sp³-hybridized carbons (Fsp3) is 0.0208. The molecule has 10 aromatic rings. The Morgan fingerprint density at radius 3 is 1.79 bits per heavy atom. The van der Waals surface area contributed by atoms with E-state index in [4.69, 9.17) is 15.0 Å². The van der Waals surface area contributed by atoms with Gasteiger partial charge in [-0.05, 0) is 74.2 Å². The van der Waals surface area contributed by atoms with Gasteiger partial charge in [-0.25, -0.2) is 15.0 Å². The lowest BCUT2D eigenvalue weighted by Gasteiger charge is -2.14. The number of thiophene rings is 1. The van der Waals surface area contributed by atoms with Crippen LogP contribution in [0.5, 0.6) is 0 Å². The Morgan fingerprint density at radius 1 is 0.346 bits per heavy atom. The lowest BCUT2D eigenvalue weighted by atomic mass is 9.94. The van der Waals surface area contributed by atoms with E-state index in [1.807, 2.05) is 11.3 Å². The first-order chi connectivity index (χ1) is 25.8. The molecule has 0 saturated carbocycles. The van der Waals surface area contributed by atoms with E-state index in [1.54, 1.807) is 0 Å². The minimum atomic E-state index is 0.664. The SMILES string of the molecule is c1ccc(-c2ccc(-c3nc(-c4ccc5c(c4)-c4ccccc4C5)nc(-c4cccc5c4ccc4c6ccccc6sc54)n3)c3ccccc23)cc1. The lowest BCUT2D eigenvalue weighted by molar-refractivity contribution is 1.08. The van der Waals surface area contributed by atoms with E-state index in [1.165, 1.54) is 64.3 Å². The first-order valence-corrected chi connectivity index (χ1v) is 18.5. The summed E-state index contributed by atoms with van der Waals surface area (Å²) >= 11 is 1.85. The molecule has 0 fully saturated rings. The number of hydrogen-bond acceptors (Lipinski definition) is 4. The van der Waals surface area contributed by atoms with Crippen LogP contribution in [-0.2, 0) is 6.42 Å². The van der Waals surface area contributed by atoms with Gasteiger partial charge in [0.25, 0.3) is 0 Å². The van der Waals surface area contributed by atoms with Crippen molar-refractivity contribution < 1.29 is 0 Å². The number of fused-ring (bicyclic) bond motifs is 9. The predicted molar refractivity (Wildman–Crippen MR) is 218 cm³/mol. The molecular weight excluding hydrogens is 651 g/mol. The van der Waals surface area contributed by atoms with E-state index in [-0.39, 0.29) is 0 Å². The minimum Gasteiger partial charge on any atom is -0.208 e. The first kappa shape index (κ1) is 29.3. The van der Waals surface area contributed by atoms with Crippen molar-refractivity contribution in [2.24, 2.45) is 0 Å². The maximum Gasteiger partial charge on any atom is 0.164 e. The van der Waals surface area contributed by atoms with Gasteiger partial charge in [-0.3, -0.25) is 0 Å². The first-order valence-electron chi connectivity index (χ1n) is 17.7. The molecule has 0 amide bonds. The third kappa shape index (κ3) is 4.55. The quantitative estimate of drug-likeness (QED) is 0.186. The normalized spacial score (nSPS) is 12.2. The molecule has 2 aromatic heterocycles. The Bertz CT molecular complexity index is 3050. The number of nitrogens with zero attached hydrogens (tertiary/aromatic N) is 3. The van der Waals surface area contributed by atoms with Crippen molar-refractivity contribution in [3.8, 4) is 56.4 Å². The summed E-state index contributed by atoms with van der Waals surface area (Å²) in [6.45, 7) is 0. The second-order valence-electron chi connectivity index (χ2n) is 13.5. The molecule has 0 bridgehead atoms. The maximum absolute atomic E-state index is 5.31. The smallest absolute Gasteiger partial charge is 0.164 e. The van der Waals surface area contributed by atoms with Gasteiger partial charge in [-0.1, -0.05) is 146 Å². The van der Waals surface area contributed by atoms with E-state index in [9.17, 15) is 0 Å². The van der Waals surface area contributed by atoms with Gasteiger partial charge < -0.3 is 0 Å². The number of hydrogen-bond donors (Lipinski definition) is 0. The molecule has 0 atom stereocenters. The zero-order chi connectivity index (χ0) is 34.2. The molecule has 0 unspecified atom stereocenters. The van der Waals surface area contributed by atoms with Gasteiger partial charge in [0.2, 0.25) is 0 Å². The van der Waals surface area contributed by atoms with Gasteiger partial charge in [0, 0.05) is 42.2 Å². The van der Waals surface area contributed by atoms with E-state index < -0.39 is 0 Å². The van der Waals surface area contributed by atoms with Crippen LogP contribution >= 0.6 is 11.3 Å². The highest BCUT2D eigenvalue weighted by atomic mass is 32.1. The molecule has 1 aliphatic carbocycles. The number of aromatic nitrogens is 3. The Morgan fingerprint density at radius 2 is 0.923 bits per heavy atom. The van der Waals surface area contributed by atoms with Crippen LogP contribution in [0.25, 0.3) is 98.1 Å². The molecule has 2 heterocycles. The molecule has 11 rings (SSSR count). The molecule has 4 heteroatoms. The van der Waals surface area contributed by atoms with Crippen molar-refractivity contribution in [1.29, 1.82) is 0 Å². The lowest BCUT2D eigenvalue weighted by Crippen LogP contribution is -2.01. The van der Waals surface area contributed by atoms with Crippen LogP contribution in [-0.4, -0.2) is 15.0 Å². The highest BCUT2D eigenvalue weighted by Crippen LogP contribution is 2.42. The molecule has 0 radical (unpaired) electrons. The Labute approximate surface area is 304 Å². The Hall–Kier alpha value is -6.49. The predicted octanol–water partition coefficient (Wildman–Crippen LogP) is 12.8. The minimum absolute atomic E-state index is 0.664. The van der Waals surface area contributed by atoms with Crippen LogP contribution in [0.1, 0.15) is 11.1 Å². The van der Waals surface area contributed by atoms with Crippen LogP contribution in [0, 0.1) is 0 Å². The Balaban J connectivity index is 1.16. The van der Waals surface area contributed by atoms with Crippen LogP contribution in [0.15, 0.2) is 164 Å². The summed E-state index contributed by atoms with van der Waals surface area (Å²) in [4.78, 5) is 15.9. The second kappa shape index (κ2) is 11.5. The van der Waals surface area contributed by atoms with Crippen LogP contribution < -0.4 is 0 Å². The highest BCUT2D eigenvalue weighted by molar-refractivity contribution is 7.26. The molecule has 8 aromatic carbocycles. The van der Waals surface area contributed by atoms with Gasteiger partial charge in [-0.2, -0.15) is 0 Å². The average Bonchev–Trinajstić information content (AvgIpc) is 3.79. The molecule has 3 nitrogen and oxygen atoms in total. The number of rotatable bonds is 4. The third-order valence-electron chi connectivity index (χ3n) is 10.6. The van der Waals surface area contributed by atoms with Gasteiger partial charge in [0.05, 0.1) is 0 Å². The van der Waals surface area contributed by atoms with Crippen LogP contribution in [0.2, 0.25) is 0 Å². The summed E-state index contributed by atoms with van der Waals surface area (Å²) in [7, 11) is 0. The van der Waals surface area contributed by atoms with Gasteiger partial charge >= 0.3 is 0 Å². The van der Waals surface area contributed by atoms with Crippen LogP contribution in [0.3, 0.4) is 0 Å². The van der Waals surface area contributed by atoms with Crippen molar-refractivity contribution >= 4 is 53.1 Å². The summed E-state index contributed by atoms with van der Waals surface area (Å²) in [5.74, 6) is 2.00. The molecule has 0 saturated heterocycles. The van der Waals surface area contributed by atoms with E-state index in [0.29, 0.717) is 17.5 Å². The molecule has 242 valence electrons. The number of benzene rings is 8. The standard InChI is InChI=1S/C48H29N3S/c1-2-11-29(12-3-1)34-23-26-42(36-16-7-6-15-35(34)36)48-50-46(32-22-21-31-27-30-13-4-5-14-33(30)43(31)28-32)49-47(51-48)41-19-10-18-39-37(41)24-25-40-38-17-8-9-20-44(38)52-45(39)40/h1-26,28H,27H2. The zero-order valence-electron chi connectivity index (χ0n) is 28.0. The topological polar surface area (TPSA) is 38.7 Å². The average molecular weight is 680 g/mol. The van der Waals surface area contributed by atoms with E-state index in [2.05, 4.69) is 164 Å². The van der Waals surface area contributed by atoms with Gasteiger partial charge in [0.15, 0.2) is 17.5 Å². The highest BCUT2D eigenvalue weighted by Gasteiger charge is 2.22. The van der Waals surface area contributed by atoms with Gasteiger partial charge in [-0.15, -0.1) is 11.3 Å². The molecule has 0 N–H and O–H groups in total. The van der Waals surface area contributed by atoms with E-state index >= 15 is 0 Å². The summed E-state index contributed by atoms with van der Waals surface area (Å²) in [6.07, 6.45) is 0.946. The fourth-order valence-corrected chi connectivity index (χ4v) is 9.34. The largest absolute Gasteiger partial charge is 0.208 e. The summed E-state index contributed by atoms with van der Waals surface area (Å²) in [5.41, 5.74) is 10.6. The van der Waals surface area contributed by atoms with Crippen molar-refractivity contribution in [1.82, 2.24) is 15.0 Å². The zero-order valence-corrected chi connectivity index (χ0v) is 28.9. The summed E-state index contributed by atoms with van der Waals surface area (Å²) in [6, 6.07) is 58.6. The molecule has 0 spiro atoms. The molecule has 52 heavy (non-hydrogen) atoms. The second-order valence-corrected chi connectivity index (χ2v) is 14.6. The van der Waals surface area contributed by atoms with Crippen LogP contribution in [0.4, 0.5) is 0 Å².